The van der Waals surface area contributed by atoms with Crippen LogP contribution < -0.4 is 4.74 Å². The molecule has 0 aromatic heterocycles. The number of hydrogen-bond donors (Lipinski definition) is 0. The van der Waals surface area contributed by atoms with Crippen LogP contribution in [0.25, 0.3) is 0 Å². The molecule has 0 spiro atoms. The van der Waals surface area contributed by atoms with Gasteiger partial charge in [-0.1, -0.05) is 55.3 Å². The summed E-state index contributed by atoms with van der Waals surface area (Å²) in [6.07, 6.45) is 6.28. The summed E-state index contributed by atoms with van der Waals surface area (Å²) < 4.78 is 5.34. The van der Waals surface area contributed by atoms with Crippen LogP contribution in [0.15, 0.2) is 48.5 Å². The van der Waals surface area contributed by atoms with Gasteiger partial charge in [0.05, 0.1) is 13.5 Å². The van der Waals surface area contributed by atoms with Gasteiger partial charge in [-0.25, -0.2) is 0 Å². The number of nitrogens with zero attached hydrogens (tertiary/aromatic N) is 2. The highest BCUT2D eigenvalue weighted by Crippen LogP contribution is 2.19. The summed E-state index contributed by atoms with van der Waals surface area (Å²) in [7, 11) is 1.68. The first-order valence-electron chi connectivity index (χ1n) is 11.3. The van der Waals surface area contributed by atoms with Crippen LogP contribution in [0, 0.1) is 6.92 Å². The van der Waals surface area contributed by atoms with Gasteiger partial charge in [0.15, 0.2) is 0 Å². The van der Waals surface area contributed by atoms with Crippen LogP contribution in [0.4, 0.5) is 0 Å². The van der Waals surface area contributed by atoms with Crippen molar-refractivity contribution in [2.75, 3.05) is 33.3 Å². The van der Waals surface area contributed by atoms with Gasteiger partial charge in [0.25, 0.3) is 0 Å². The van der Waals surface area contributed by atoms with E-state index in [2.05, 4.69) is 46.2 Å². The zero-order valence-corrected chi connectivity index (χ0v) is 18.6. The van der Waals surface area contributed by atoms with E-state index in [4.69, 9.17) is 4.74 Å². The maximum absolute atomic E-state index is 13.0. The molecular weight excluding hydrogens is 372 g/mol. The zero-order valence-electron chi connectivity index (χ0n) is 18.6. The summed E-state index contributed by atoms with van der Waals surface area (Å²) in [6, 6.07) is 16.8. The van der Waals surface area contributed by atoms with Crippen LogP contribution in [0.2, 0.25) is 0 Å². The summed E-state index contributed by atoms with van der Waals surface area (Å²) in [5.74, 6) is 1.12. The van der Waals surface area contributed by atoms with Gasteiger partial charge in [-0.05, 0) is 55.5 Å². The topological polar surface area (TPSA) is 32.8 Å². The van der Waals surface area contributed by atoms with E-state index in [0.717, 1.165) is 62.4 Å². The molecule has 0 unspecified atom stereocenters. The maximum atomic E-state index is 13.0. The molecule has 1 aliphatic rings. The molecule has 1 heterocycles. The Morgan fingerprint density at radius 1 is 0.867 bits per heavy atom. The van der Waals surface area contributed by atoms with Crippen molar-refractivity contribution in [3.8, 4) is 5.75 Å². The van der Waals surface area contributed by atoms with E-state index in [1.807, 2.05) is 19.1 Å². The second kappa shape index (κ2) is 11.8. The van der Waals surface area contributed by atoms with Crippen molar-refractivity contribution >= 4 is 5.91 Å². The van der Waals surface area contributed by atoms with E-state index in [-0.39, 0.29) is 5.91 Å². The van der Waals surface area contributed by atoms with Crippen LogP contribution in [0.5, 0.6) is 5.75 Å². The van der Waals surface area contributed by atoms with Crippen LogP contribution in [-0.4, -0.2) is 49.0 Å². The molecular formula is C26H36N2O2. The quantitative estimate of drug-likeness (QED) is 0.710. The third kappa shape index (κ3) is 6.88. The number of aryl methyl sites for hydroxylation is 1. The van der Waals surface area contributed by atoms with Crippen molar-refractivity contribution < 1.29 is 9.53 Å². The van der Waals surface area contributed by atoms with Crippen molar-refractivity contribution in [1.29, 1.82) is 0 Å². The van der Waals surface area contributed by atoms with Crippen LogP contribution >= 0.6 is 0 Å². The predicted molar refractivity (Wildman–Crippen MR) is 123 cm³/mol. The third-order valence-corrected chi connectivity index (χ3v) is 5.97. The van der Waals surface area contributed by atoms with E-state index in [1.54, 1.807) is 7.11 Å². The van der Waals surface area contributed by atoms with Crippen molar-refractivity contribution in [2.45, 2.75) is 52.0 Å². The normalized spacial score (nSPS) is 16.7. The minimum Gasteiger partial charge on any atom is -0.496 e. The standard InChI is InChI=1S/C26H36N2O2/c1-22-19-24(13-14-25(22)30-2)20-26(29)28-17-9-4-3-8-15-27(16-10-18-28)21-23-11-6-5-7-12-23/h5-7,11-14,19H,3-4,8-10,15-18,20-21H2,1-2H3. The van der Waals surface area contributed by atoms with Crippen molar-refractivity contribution in [3.05, 3.63) is 65.2 Å². The molecule has 1 saturated heterocycles. The molecule has 1 fully saturated rings. The Balaban J connectivity index is 1.58. The fourth-order valence-electron chi connectivity index (χ4n) is 4.29. The van der Waals surface area contributed by atoms with E-state index < -0.39 is 0 Å². The van der Waals surface area contributed by atoms with Gasteiger partial charge >= 0.3 is 0 Å². The van der Waals surface area contributed by atoms with Crippen molar-refractivity contribution in [1.82, 2.24) is 9.80 Å². The largest absolute Gasteiger partial charge is 0.496 e. The first-order valence-corrected chi connectivity index (χ1v) is 11.3. The molecule has 0 N–H and O–H groups in total. The molecule has 0 bridgehead atoms. The second-order valence-electron chi connectivity index (χ2n) is 8.39. The van der Waals surface area contributed by atoms with E-state index in [9.17, 15) is 4.79 Å². The Morgan fingerprint density at radius 2 is 1.57 bits per heavy atom. The van der Waals surface area contributed by atoms with E-state index in [1.165, 1.54) is 24.8 Å². The highest BCUT2D eigenvalue weighted by Gasteiger charge is 2.16. The molecule has 2 aromatic rings. The van der Waals surface area contributed by atoms with Crippen molar-refractivity contribution in [3.63, 3.8) is 0 Å². The molecule has 0 atom stereocenters. The summed E-state index contributed by atoms with van der Waals surface area (Å²) in [6.45, 7) is 6.95. The number of benzene rings is 2. The lowest BCUT2D eigenvalue weighted by molar-refractivity contribution is -0.130. The molecule has 3 rings (SSSR count). The fraction of sp³-hybridized carbons (Fsp3) is 0.500. The molecule has 0 aliphatic carbocycles. The number of amides is 1. The Hall–Kier alpha value is -2.33. The second-order valence-corrected chi connectivity index (χ2v) is 8.39. The molecule has 4 nitrogen and oxygen atoms in total. The predicted octanol–water partition coefficient (Wildman–Crippen LogP) is 4.84. The maximum Gasteiger partial charge on any atom is 0.226 e. The summed E-state index contributed by atoms with van der Waals surface area (Å²) in [5, 5.41) is 0. The zero-order chi connectivity index (χ0) is 21.2. The molecule has 162 valence electrons. The lowest BCUT2D eigenvalue weighted by atomic mass is 10.1. The minimum absolute atomic E-state index is 0.244. The molecule has 0 saturated carbocycles. The number of hydrogen-bond acceptors (Lipinski definition) is 3. The SMILES string of the molecule is COc1ccc(CC(=O)N2CCCCCCN(Cc3ccccc3)CCC2)cc1C. The summed E-state index contributed by atoms with van der Waals surface area (Å²) >= 11 is 0. The molecule has 2 aromatic carbocycles. The Kier molecular flexibility index (Phi) is 8.76. The van der Waals surface area contributed by atoms with E-state index >= 15 is 0 Å². The van der Waals surface area contributed by atoms with Gasteiger partial charge in [0.1, 0.15) is 5.75 Å². The molecule has 4 heteroatoms. The van der Waals surface area contributed by atoms with E-state index in [0.29, 0.717) is 6.42 Å². The van der Waals surface area contributed by atoms with Gasteiger partial charge in [0.2, 0.25) is 5.91 Å². The smallest absolute Gasteiger partial charge is 0.226 e. The molecule has 1 amide bonds. The van der Waals surface area contributed by atoms with Crippen molar-refractivity contribution in [2.24, 2.45) is 0 Å². The summed E-state index contributed by atoms with van der Waals surface area (Å²) in [5.41, 5.74) is 3.52. The lowest BCUT2D eigenvalue weighted by Gasteiger charge is -2.25. The first kappa shape index (κ1) is 22.4. The highest BCUT2D eigenvalue weighted by molar-refractivity contribution is 5.78. The Labute approximate surface area is 181 Å². The van der Waals surface area contributed by atoms with Crippen LogP contribution in [-0.2, 0) is 17.8 Å². The Morgan fingerprint density at radius 3 is 2.30 bits per heavy atom. The molecule has 30 heavy (non-hydrogen) atoms. The number of methoxy groups -OCH3 is 1. The third-order valence-electron chi connectivity index (χ3n) is 5.97. The summed E-state index contributed by atoms with van der Waals surface area (Å²) in [4.78, 5) is 17.7. The monoisotopic (exact) mass is 408 g/mol. The number of carbonyl (C=O) groups excluding carboxylic acids is 1. The number of ether oxygens (including phenoxy) is 1. The van der Waals surface area contributed by atoms with Gasteiger partial charge in [-0.3, -0.25) is 9.69 Å². The van der Waals surface area contributed by atoms with Crippen LogP contribution in [0.3, 0.4) is 0 Å². The average Bonchev–Trinajstić information content (AvgIpc) is 2.80. The number of rotatable bonds is 5. The lowest BCUT2D eigenvalue weighted by Crippen LogP contribution is -2.36. The average molecular weight is 409 g/mol. The fourth-order valence-corrected chi connectivity index (χ4v) is 4.29. The van der Waals surface area contributed by atoms with Gasteiger partial charge < -0.3 is 9.64 Å². The highest BCUT2D eigenvalue weighted by atomic mass is 16.5. The minimum atomic E-state index is 0.244. The van der Waals surface area contributed by atoms with Gasteiger partial charge in [0, 0.05) is 26.2 Å². The molecule has 1 aliphatic heterocycles. The molecule has 0 radical (unpaired) electrons. The number of carbonyl (C=O) groups is 1. The van der Waals surface area contributed by atoms with Gasteiger partial charge in [-0.15, -0.1) is 0 Å². The van der Waals surface area contributed by atoms with Gasteiger partial charge in [-0.2, -0.15) is 0 Å². The Bertz CT molecular complexity index is 791. The first-order chi connectivity index (χ1) is 14.7. The van der Waals surface area contributed by atoms with Crippen LogP contribution in [0.1, 0.15) is 48.8 Å².